The van der Waals surface area contributed by atoms with E-state index in [0.717, 1.165) is 54.5 Å². The van der Waals surface area contributed by atoms with Crippen LogP contribution in [0.3, 0.4) is 0 Å². The molecule has 174 valence electrons. The quantitative estimate of drug-likeness (QED) is 0.618. The predicted molar refractivity (Wildman–Crippen MR) is 122 cm³/mol. The topological polar surface area (TPSA) is 79.0 Å². The minimum atomic E-state index is -3.76. The van der Waals surface area contributed by atoms with E-state index in [2.05, 4.69) is 16.3 Å². The molecule has 1 amide bonds. The molecule has 7 nitrogen and oxygen atoms in total. The first-order valence-corrected chi connectivity index (χ1v) is 12.5. The molecular formula is C23H30FN3O4S. The molecule has 0 aromatic heterocycles. The molecule has 0 spiro atoms. The Morgan fingerprint density at radius 2 is 1.81 bits per heavy atom. The van der Waals surface area contributed by atoms with Gasteiger partial charge < -0.3 is 10.1 Å². The summed E-state index contributed by atoms with van der Waals surface area (Å²) in [4.78, 5) is 15.3. The lowest BCUT2D eigenvalue weighted by atomic mass is 10.1. The molecule has 32 heavy (non-hydrogen) atoms. The maximum absolute atomic E-state index is 13.3. The predicted octanol–water partition coefficient (Wildman–Crippen LogP) is 2.52. The van der Waals surface area contributed by atoms with Crippen molar-refractivity contribution in [3.8, 4) is 0 Å². The number of ether oxygens (including phenoxy) is 1. The highest BCUT2D eigenvalue weighted by Gasteiger charge is 2.31. The zero-order chi connectivity index (χ0) is 23.1. The smallest absolute Gasteiger partial charge is 0.244 e. The van der Waals surface area contributed by atoms with Gasteiger partial charge in [-0.3, -0.25) is 14.0 Å². The van der Waals surface area contributed by atoms with E-state index >= 15 is 0 Å². The number of sulfonamides is 1. The van der Waals surface area contributed by atoms with Crippen LogP contribution in [-0.4, -0.2) is 57.8 Å². The van der Waals surface area contributed by atoms with Crippen LogP contribution in [0.25, 0.3) is 0 Å². The number of morpholine rings is 1. The lowest BCUT2D eigenvalue weighted by Crippen LogP contribution is -2.49. The average Bonchev–Trinajstić information content (AvgIpc) is 2.77. The number of nitrogens with zero attached hydrogens (tertiary/aromatic N) is 2. The number of carbonyl (C=O) groups excluding carboxylic acids is 1. The first-order chi connectivity index (χ1) is 15.3. The van der Waals surface area contributed by atoms with Crippen molar-refractivity contribution in [3.63, 3.8) is 0 Å². The fourth-order valence-electron chi connectivity index (χ4n) is 3.81. The molecule has 2 aromatic carbocycles. The van der Waals surface area contributed by atoms with Crippen LogP contribution in [0.4, 0.5) is 10.1 Å². The van der Waals surface area contributed by atoms with E-state index in [0.29, 0.717) is 0 Å². The summed E-state index contributed by atoms with van der Waals surface area (Å²) in [5.41, 5.74) is 2.34. The van der Waals surface area contributed by atoms with Crippen LogP contribution in [0.1, 0.15) is 24.5 Å². The Bertz CT molecular complexity index is 1010. The first-order valence-electron chi connectivity index (χ1n) is 10.7. The van der Waals surface area contributed by atoms with Crippen molar-refractivity contribution in [2.45, 2.75) is 32.5 Å². The van der Waals surface area contributed by atoms with Crippen LogP contribution in [0.15, 0.2) is 48.5 Å². The molecule has 9 heteroatoms. The van der Waals surface area contributed by atoms with Gasteiger partial charge in [0.2, 0.25) is 15.9 Å². The van der Waals surface area contributed by atoms with Crippen LogP contribution in [0, 0.1) is 5.82 Å². The normalized spacial score (nSPS) is 15.8. The van der Waals surface area contributed by atoms with E-state index in [4.69, 9.17) is 4.74 Å². The second-order valence-electron chi connectivity index (χ2n) is 7.89. The van der Waals surface area contributed by atoms with Crippen molar-refractivity contribution in [1.29, 1.82) is 0 Å². The van der Waals surface area contributed by atoms with Gasteiger partial charge in [0.15, 0.2) is 0 Å². The summed E-state index contributed by atoms with van der Waals surface area (Å²) >= 11 is 0. The molecule has 1 aliphatic rings. The number of nitrogens with one attached hydrogen (secondary N) is 1. The van der Waals surface area contributed by atoms with Gasteiger partial charge in [0, 0.05) is 26.2 Å². The van der Waals surface area contributed by atoms with Gasteiger partial charge in [0.05, 0.1) is 25.2 Å². The molecule has 2 aromatic rings. The monoisotopic (exact) mass is 463 g/mol. The van der Waals surface area contributed by atoms with Crippen molar-refractivity contribution in [3.05, 3.63) is 65.5 Å². The number of amides is 1. The third kappa shape index (κ3) is 6.51. The minimum Gasteiger partial charge on any atom is -0.379 e. The molecule has 3 rings (SSSR count). The van der Waals surface area contributed by atoms with Gasteiger partial charge in [0.25, 0.3) is 0 Å². The highest BCUT2D eigenvalue weighted by molar-refractivity contribution is 7.92. The maximum Gasteiger partial charge on any atom is 0.244 e. The van der Waals surface area contributed by atoms with Crippen molar-refractivity contribution in [2.75, 3.05) is 36.9 Å². The standard InChI is InChI=1S/C23H30FN3O4S/c1-3-22(27(32(2,29)30)21-9-7-20(24)8-10-21)23(28)25-16-18-5-4-6-19(15-18)17-26-11-13-31-14-12-26/h4-10,15,22H,3,11-14,16-17H2,1-2H3,(H,25,28). The summed E-state index contributed by atoms with van der Waals surface area (Å²) in [6.07, 6.45) is 1.31. The Hall–Kier alpha value is -2.49. The number of anilines is 1. The molecule has 1 heterocycles. The zero-order valence-corrected chi connectivity index (χ0v) is 19.3. The summed E-state index contributed by atoms with van der Waals surface area (Å²) in [5.74, 6) is -0.877. The van der Waals surface area contributed by atoms with E-state index in [1.165, 1.54) is 24.3 Å². The summed E-state index contributed by atoms with van der Waals surface area (Å²) in [5, 5.41) is 2.86. The van der Waals surface area contributed by atoms with Gasteiger partial charge in [-0.25, -0.2) is 12.8 Å². The molecule has 1 N–H and O–H groups in total. The largest absolute Gasteiger partial charge is 0.379 e. The van der Waals surface area contributed by atoms with E-state index in [1.54, 1.807) is 6.92 Å². The van der Waals surface area contributed by atoms with E-state index < -0.39 is 27.8 Å². The molecule has 0 saturated carbocycles. The Balaban J connectivity index is 1.69. The molecular weight excluding hydrogens is 433 g/mol. The van der Waals surface area contributed by atoms with Crippen LogP contribution in [0.5, 0.6) is 0 Å². The highest BCUT2D eigenvalue weighted by Crippen LogP contribution is 2.23. The molecule has 0 aliphatic carbocycles. The molecule has 1 aliphatic heterocycles. The SMILES string of the molecule is CCC(C(=O)NCc1cccc(CN2CCOCC2)c1)N(c1ccc(F)cc1)S(C)(=O)=O. The Morgan fingerprint density at radius 1 is 1.16 bits per heavy atom. The van der Waals surface area contributed by atoms with Crippen LogP contribution >= 0.6 is 0 Å². The summed E-state index contributed by atoms with van der Waals surface area (Å²) in [7, 11) is -3.76. The molecule has 1 atom stereocenters. The number of hydrogen-bond acceptors (Lipinski definition) is 5. The number of rotatable bonds is 9. The average molecular weight is 464 g/mol. The third-order valence-corrected chi connectivity index (χ3v) is 6.56. The third-order valence-electron chi connectivity index (χ3n) is 5.38. The van der Waals surface area contributed by atoms with Gasteiger partial charge in [-0.2, -0.15) is 0 Å². The van der Waals surface area contributed by atoms with Gasteiger partial charge in [0.1, 0.15) is 11.9 Å². The zero-order valence-electron chi connectivity index (χ0n) is 18.5. The maximum atomic E-state index is 13.3. The summed E-state index contributed by atoms with van der Waals surface area (Å²) < 4.78 is 44.7. The van der Waals surface area contributed by atoms with E-state index in [9.17, 15) is 17.6 Å². The van der Waals surface area contributed by atoms with Crippen LogP contribution in [0.2, 0.25) is 0 Å². The molecule has 0 bridgehead atoms. The number of carbonyl (C=O) groups is 1. The lowest BCUT2D eigenvalue weighted by molar-refractivity contribution is -0.122. The van der Waals surface area contributed by atoms with Crippen LogP contribution < -0.4 is 9.62 Å². The minimum absolute atomic E-state index is 0.253. The Morgan fingerprint density at radius 3 is 2.44 bits per heavy atom. The molecule has 1 saturated heterocycles. The van der Waals surface area contributed by atoms with E-state index in [1.807, 2.05) is 18.2 Å². The van der Waals surface area contributed by atoms with Crippen molar-refractivity contribution in [2.24, 2.45) is 0 Å². The van der Waals surface area contributed by atoms with E-state index in [-0.39, 0.29) is 18.7 Å². The first kappa shape index (κ1) is 24.2. The number of hydrogen-bond donors (Lipinski definition) is 1. The van der Waals surface area contributed by atoms with Gasteiger partial charge >= 0.3 is 0 Å². The number of benzene rings is 2. The van der Waals surface area contributed by atoms with Gasteiger partial charge in [-0.15, -0.1) is 0 Å². The fraction of sp³-hybridized carbons (Fsp3) is 0.435. The molecule has 1 unspecified atom stereocenters. The van der Waals surface area contributed by atoms with Crippen molar-refractivity contribution in [1.82, 2.24) is 10.2 Å². The van der Waals surface area contributed by atoms with Gasteiger partial charge in [-0.05, 0) is 41.8 Å². The fourth-order valence-corrected chi connectivity index (χ4v) is 5.02. The van der Waals surface area contributed by atoms with Gasteiger partial charge in [-0.1, -0.05) is 31.2 Å². The second kappa shape index (κ2) is 10.9. The van der Waals surface area contributed by atoms with Crippen molar-refractivity contribution >= 4 is 21.6 Å². The Kier molecular flexibility index (Phi) is 8.22. The Labute approximate surface area is 189 Å². The summed E-state index contributed by atoms with van der Waals surface area (Å²) in [6.45, 7) is 6.10. The molecule has 1 fully saturated rings. The summed E-state index contributed by atoms with van der Waals surface area (Å²) in [6, 6.07) is 12.1. The number of halogens is 1. The lowest BCUT2D eigenvalue weighted by Gasteiger charge is -2.30. The van der Waals surface area contributed by atoms with Crippen LogP contribution in [-0.2, 0) is 32.6 Å². The van der Waals surface area contributed by atoms with Crippen molar-refractivity contribution < 1.29 is 22.3 Å². The molecule has 0 radical (unpaired) electrons. The second-order valence-corrected chi connectivity index (χ2v) is 9.74. The highest BCUT2D eigenvalue weighted by atomic mass is 32.2.